The van der Waals surface area contributed by atoms with Crippen molar-refractivity contribution in [3.05, 3.63) is 41.1 Å². The molecule has 100 valence electrons. The van der Waals surface area contributed by atoms with E-state index in [0.717, 1.165) is 17.2 Å². The third kappa shape index (κ3) is 2.67. The maximum Gasteiger partial charge on any atom is 0.433 e. The number of nitrogens with two attached hydrogens (primary N) is 1. The van der Waals surface area contributed by atoms with Crippen LogP contribution >= 0.6 is 0 Å². The highest BCUT2D eigenvalue weighted by Crippen LogP contribution is 2.32. The fourth-order valence-electron chi connectivity index (χ4n) is 1.78. The second kappa shape index (κ2) is 4.53. The average Bonchev–Trinajstić information content (AvgIpc) is 2.31. The largest absolute Gasteiger partial charge is 0.433 e. The van der Waals surface area contributed by atoms with Gasteiger partial charge in [-0.05, 0) is 31.0 Å². The predicted octanol–water partition coefficient (Wildman–Crippen LogP) is 3.36. The van der Waals surface area contributed by atoms with Gasteiger partial charge in [0.15, 0.2) is 5.69 Å². The quantitative estimate of drug-likeness (QED) is 0.861. The molecule has 0 aliphatic heterocycles. The van der Waals surface area contributed by atoms with Gasteiger partial charge in [0, 0.05) is 5.56 Å². The van der Waals surface area contributed by atoms with E-state index in [1.54, 1.807) is 12.1 Å². The minimum absolute atomic E-state index is 0.182. The average molecular weight is 267 g/mol. The summed E-state index contributed by atoms with van der Waals surface area (Å²) in [7, 11) is 0. The van der Waals surface area contributed by atoms with Crippen LogP contribution in [0.25, 0.3) is 11.3 Å². The van der Waals surface area contributed by atoms with Crippen LogP contribution in [0.2, 0.25) is 0 Å². The van der Waals surface area contributed by atoms with Gasteiger partial charge in [0.05, 0.1) is 5.69 Å². The predicted molar refractivity (Wildman–Crippen MR) is 66.4 cm³/mol. The number of benzene rings is 1. The Balaban J connectivity index is 2.63. The number of hydrogen-bond donors (Lipinski definition) is 1. The van der Waals surface area contributed by atoms with Crippen LogP contribution in [0.3, 0.4) is 0 Å². The second-order valence-electron chi connectivity index (χ2n) is 4.24. The van der Waals surface area contributed by atoms with Gasteiger partial charge in [0.1, 0.15) is 0 Å². The van der Waals surface area contributed by atoms with E-state index in [1.807, 2.05) is 19.9 Å². The molecule has 1 aromatic carbocycles. The van der Waals surface area contributed by atoms with Gasteiger partial charge in [0.2, 0.25) is 5.95 Å². The first kappa shape index (κ1) is 13.3. The van der Waals surface area contributed by atoms with Crippen LogP contribution in [0.5, 0.6) is 0 Å². The van der Waals surface area contributed by atoms with Crippen LogP contribution < -0.4 is 5.73 Å². The molecule has 2 N–H and O–H groups in total. The number of nitrogen functional groups attached to an aromatic ring is 1. The molecule has 1 aromatic heterocycles. The Labute approximate surface area is 108 Å². The lowest BCUT2D eigenvalue weighted by molar-refractivity contribution is -0.141. The van der Waals surface area contributed by atoms with E-state index in [-0.39, 0.29) is 11.6 Å². The minimum Gasteiger partial charge on any atom is -0.368 e. The number of hydrogen-bond acceptors (Lipinski definition) is 3. The summed E-state index contributed by atoms with van der Waals surface area (Å²) in [6, 6.07) is 6.28. The Hall–Kier alpha value is -2.11. The number of aromatic nitrogens is 2. The Bertz CT molecular complexity index is 621. The van der Waals surface area contributed by atoms with Gasteiger partial charge in [-0.3, -0.25) is 0 Å². The third-order valence-electron chi connectivity index (χ3n) is 2.91. The van der Waals surface area contributed by atoms with E-state index >= 15 is 0 Å². The van der Waals surface area contributed by atoms with Crippen LogP contribution in [0, 0.1) is 13.8 Å². The number of alkyl halides is 3. The summed E-state index contributed by atoms with van der Waals surface area (Å²) < 4.78 is 38.1. The molecule has 1 heterocycles. The van der Waals surface area contributed by atoms with Gasteiger partial charge in [0.25, 0.3) is 0 Å². The fourth-order valence-corrected chi connectivity index (χ4v) is 1.78. The van der Waals surface area contributed by atoms with E-state index in [4.69, 9.17) is 5.73 Å². The molecule has 3 nitrogen and oxygen atoms in total. The summed E-state index contributed by atoms with van der Waals surface area (Å²) in [6.07, 6.45) is -4.54. The van der Waals surface area contributed by atoms with Crippen LogP contribution in [0.4, 0.5) is 19.1 Å². The summed E-state index contributed by atoms with van der Waals surface area (Å²) in [5.74, 6) is -0.384. The maximum atomic E-state index is 12.7. The molecule has 0 saturated heterocycles. The first-order valence-electron chi connectivity index (χ1n) is 5.57. The van der Waals surface area contributed by atoms with Crippen molar-refractivity contribution >= 4 is 5.95 Å². The molecule has 0 atom stereocenters. The molecule has 0 spiro atoms. The third-order valence-corrected chi connectivity index (χ3v) is 2.91. The Morgan fingerprint density at radius 2 is 1.79 bits per heavy atom. The topological polar surface area (TPSA) is 51.8 Å². The zero-order valence-corrected chi connectivity index (χ0v) is 10.4. The van der Waals surface area contributed by atoms with E-state index in [9.17, 15) is 13.2 Å². The van der Waals surface area contributed by atoms with Gasteiger partial charge in [-0.1, -0.05) is 18.2 Å². The maximum absolute atomic E-state index is 12.7. The number of anilines is 1. The Kier molecular flexibility index (Phi) is 3.18. The molecule has 2 rings (SSSR count). The van der Waals surface area contributed by atoms with Crippen LogP contribution in [-0.4, -0.2) is 9.97 Å². The van der Waals surface area contributed by atoms with Crippen LogP contribution in [0.15, 0.2) is 24.3 Å². The van der Waals surface area contributed by atoms with Gasteiger partial charge in [-0.15, -0.1) is 0 Å². The van der Waals surface area contributed by atoms with Gasteiger partial charge < -0.3 is 5.73 Å². The minimum atomic E-state index is -4.54. The van der Waals surface area contributed by atoms with Crippen molar-refractivity contribution in [3.8, 4) is 11.3 Å². The molecule has 0 amide bonds. The Morgan fingerprint density at radius 1 is 1.11 bits per heavy atom. The fraction of sp³-hybridized carbons (Fsp3) is 0.231. The van der Waals surface area contributed by atoms with E-state index in [2.05, 4.69) is 9.97 Å². The van der Waals surface area contributed by atoms with E-state index in [1.165, 1.54) is 0 Å². The molecule has 0 radical (unpaired) electrons. The Morgan fingerprint density at radius 3 is 2.42 bits per heavy atom. The lowest BCUT2D eigenvalue weighted by atomic mass is 10.0. The monoisotopic (exact) mass is 267 g/mol. The highest BCUT2D eigenvalue weighted by atomic mass is 19.4. The van der Waals surface area contributed by atoms with Crippen molar-refractivity contribution in [3.63, 3.8) is 0 Å². The SMILES string of the molecule is Cc1cccc(-c2cc(C(F)(F)F)nc(N)n2)c1C. The van der Waals surface area contributed by atoms with Crippen molar-refractivity contribution in [2.24, 2.45) is 0 Å². The number of nitrogens with zero attached hydrogens (tertiary/aromatic N) is 2. The molecular weight excluding hydrogens is 255 g/mol. The molecule has 0 fully saturated rings. The summed E-state index contributed by atoms with van der Waals surface area (Å²) >= 11 is 0. The van der Waals surface area contributed by atoms with Crippen molar-refractivity contribution < 1.29 is 13.2 Å². The molecule has 0 aliphatic carbocycles. The van der Waals surface area contributed by atoms with Crippen molar-refractivity contribution in [1.82, 2.24) is 9.97 Å². The summed E-state index contributed by atoms with van der Waals surface area (Å²) in [5.41, 5.74) is 6.98. The second-order valence-corrected chi connectivity index (χ2v) is 4.24. The highest BCUT2D eigenvalue weighted by molar-refractivity contribution is 5.66. The van der Waals surface area contributed by atoms with Crippen LogP contribution in [0.1, 0.15) is 16.8 Å². The molecule has 6 heteroatoms. The number of aryl methyl sites for hydroxylation is 1. The summed E-state index contributed by atoms with van der Waals surface area (Å²) in [5, 5.41) is 0. The van der Waals surface area contributed by atoms with Gasteiger partial charge in [-0.2, -0.15) is 13.2 Å². The van der Waals surface area contributed by atoms with Crippen molar-refractivity contribution in [2.75, 3.05) is 5.73 Å². The zero-order valence-electron chi connectivity index (χ0n) is 10.4. The van der Waals surface area contributed by atoms with Crippen LogP contribution in [-0.2, 0) is 6.18 Å². The summed E-state index contributed by atoms with van der Waals surface area (Å²) in [4.78, 5) is 7.11. The smallest absolute Gasteiger partial charge is 0.368 e. The molecule has 0 saturated carbocycles. The molecule has 2 aromatic rings. The normalized spacial score (nSPS) is 11.6. The van der Waals surface area contributed by atoms with Crippen molar-refractivity contribution in [2.45, 2.75) is 20.0 Å². The standard InChI is InChI=1S/C13H12F3N3/c1-7-4-3-5-9(8(7)2)10-6-11(13(14,15)16)19-12(17)18-10/h3-6H,1-2H3,(H2,17,18,19). The zero-order chi connectivity index (χ0) is 14.2. The summed E-state index contributed by atoms with van der Waals surface area (Å²) in [6.45, 7) is 3.71. The first-order chi connectivity index (χ1) is 8.79. The van der Waals surface area contributed by atoms with E-state index < -0.39 is 11.9 Å². The van der Waals surface area contributed by atoms with Crippen molar-refractivity contribution in [1.29, 1.82) is 0 Å². The lowest BCUT2D eigenvalue weighted by Crippen LogP contribution is -2.11. The lowest BCUT2D eigenvalue weighted by Gasteiger charge is -2.11. The highest BCUT2D eigenvalue weighted by Gasteiger charge is 2.33. The molecule has 0 aliphatic rings. The molecule has 0 unspecified atom stereocenters. The van der Waals surface area contributed by atoms with E-state index in [0.29, 0.717) is 5.56 Å². The van der Waals surface area contributed by atoms with Gasteiger partial charge in [-0.25, -0.2) is 9.97 Å². The number of halogens is 3. The first-order valence-corrected chi connectivity index (χ1v) is 5.57. The molecule has 0 bridgehead atoms. The molecule has 19 heavy (non-hydrogen) atoms. The number of rotatable bonds is 1. The molecular formula is C13H12F3N3. The van der Waals surface area contributed by atoms with Gasteiger partial charge >= 0.3 is 6.18 Å².